The Kier molecular flexibility index (Phi) is 6.30. The molecule has 0 spiro atoms. The molecule has 6 nitrogen and oxygen atoms in total. The van der Waals surface area contributed by atoms with Crippen molar-refractivity contribution in [2.24, 2.45) is 0 Å². The summed E-state index contributed by atoms with van der Waals surface area (Å²) in [5.41, 5.74) is 2.39. The minimum absolute atomic E-state index is 0.0965. The first-order chi connectivity index (χ1) is 14.7. The molecule has 0 unspecified atom stereocenters. The first-order valence-electron chi connectivity index (χ1n) is 9.93. The molecule has 0 atom stereocenters. The summed E-state index contributed by atoms with van der Waals surface area (Å²) in [6, 6.07) is 19.5. The first-order valence-corrected chi connectivity index (χ1v) is 9.93. The standard InChI is InChI=1S/C25H26N2O4/c1-25(2,3)31-24(30)19-12-10-17(16-8-6-5-7-9-16)14-21(19)27-23(29)20-13-11-18(26-4)15-22(20)28/h5-15,26,28H,1-4H3,(H,27,29). The van der Waals surface area contributed by atoms with E-state index in [1.54, 1.807) is 46.0 Å². The van der Waals surface area contributed by atoms with Crippen LogP contribution >= 0.6 is 0 Å². The summed E-state index contributed by atoms with van der Waals surface area (Å²) in [6.07, 6.45) is 0. The van der Waals surface area contributed by atoms with Crippen LogP contribution in [0.2, 0.25) is 0 Å². The quantitative estimate of drug-likeness (QED) is 0.489. The molecule has 0 bridgehead atoms. The van der Waals surface area contributed by atoms with E-state index in [1.165, 1.54) is 12.1 Å². The molecule has 0 radical (unpaired) electrons. The molecule has 3 N–H and O–H groups in total. The Morgan fingerprint density at radius 1 is 0.871 bits per heavy atom. The number of amides is 1. The minimum Gasteiger partial charge on any atom is -0.507 e. The van der Waals surface area contributed by atoms with E-state index in [9.17, 15) is 14.7 Å². The van der Waals surface area contributed by atoms with E-state index in [0.29, 0.717) is 11.4 Å². The summed E-state index contributed by atoms with van der Waals surface area (Å²) in [7, 11) is 1.72. The highest BCUT2D eigenvalue weighted by atomic mass is 16.6. The predicted molar refractivity (Wildman–Crippen MR) is 123 cm³/mol. The second kappa shape index (κ2) is 8.92. The van der Waals surface area contributed by atoms with Crippen LogP contribution in [0.15, 0.2) is 66.7 Å². The third-order valence-electron chi connectivity index (χ3n) is 4.52. The van der Waals surface area contributed by atoms with Crippen LogP contribution < -0.4 is 10.6 Å². The van der Waals surface area contributed by atoms with Crippen LogP contribution in [0.1, 0.15) is 41.5 Å². The van der Waals surface area contributed by atoms with E-state index < -0.39 is 17.5 Å². The number of esters is 1. The number of carbonyl (C=O) groups is 2. The van der Waals surface area contributed by atoms with E-state index in [1.807, 2.05) is 36.4 Å². The number of carbonyl (C=O) groups excluding carboxylic acids is 2. The molecule has 0 saturated carbocycles. The van der Waals surface area contributed by atoms with Crippen molar-refractivity contribution < 1.29 is 19.4 Å². The second-order valence-corrected chi connectivity index (χ2v) is 8.06. The molecule has 31 heavy (non-hydrogen) atoms. The van der Waals surface area contributed by atoms with Crippen molar-refractivity contribution in [1.82, 2.24) is 0 Å². The number of anilines is 2. The average Bonchev–Trinajstić information content (AvgIpc) is 2.72. The number of aromatic hydroxyl groups is 1. The molecular weight excluding hydrogens is 392 g/mol. The molecule has 0 aromatic heterocycles. The lowest BCUT2D eigenvalue weighted by molar-refractivity contribution is 0.00708. The van der Waals surface area contributed by atoms with Crippen molar-refractivity contribution >= 4 is 23.3 Å². The van der Waals surface area contributed by atoms with E-state index >= 15 is 0 Å². The number of ether oxygens (including phenoxy) is 1. The van der Waals surface area contributed by atoms with Gasteiger partial charge in [0.15, 0.2) is 0 Å². The van der Waals surface area contributed by atoms with Gasteiger partial charge in [-0.05, 0) is 56.2 Å². The zero-order valence-corrected chi connectivity index (χ0v) is 18.0. The average molecular weight is 418 g/mol. The van der Waals surface area contributed by atoms with Crippen molar-refractivity contribution in [3.05, 3.63) is 77.9 Å². The number of hydrogen-bond donors (Lipinski definition) is 3. The number of hydrogen-bond acceptors (Lipinski definition) is 5. The summed E-state index contributed by atoms with van der Waals surface area (Å²) < 4.78 is 5.50. The third-order valence-corrected chi connectivity index (χ3v) is 4.52. The number of rotatable bonds is 5. The molecule has 1 amide bonds. The zero-order valence-electron chi connectivity index (χ0n) is 18.0. The largest absolute Gasteiger partial charge is 0.507 e. The van der Waals surface area contributed by atoms with Crippen LogP contribution in [0.5, 0.6) is 5.75 Å². The second-order valence-electron chi connectivity index (χ2n) is 8.06. The van der Waals surface area contributed by atoms with E-state index in [-0.39, 0.29) is 16.9 Å². The van der Waals surface area contributed by atoms with Crippen molar-refractivity contribution in [3.63, 3.8) is 0 Å². The van der Waals surface area contributed by atoms with Crippen molar-refractivity contribution in [2.45, 2.75) is 26.4 Å². The summed E-state index contributed by atoms with van der Waals surface area (Å²) >= 11 is 0. The highest BCUT2D eigenvalue weighted by Crippen LogP contribution is 2.29. The number of nitrogens with one attached hydrogen (secondary N) is 2. The van der Waals surface area contributed by atoms with Gasteiger partial charge in [-0.3, -0.25) is 4.79 Å². The monoisotopic (exact) mass is 418 g/mol. The van der Waals surface area contributed by atoms with Gasteiger partial charge >= 0.3 is 5.97 Å². The molecule has 160 valence electrons. The van der Waals surface area contributed by atoms with E-state index in [4.69, 9.17) is 4.74 Å². The van der Waals surface area contributed by atoms with Gasteiger partial charge in [0, 0.05) is 18.8 Å². The lowest BCUT2D eigenvalue weighted by atomic mass is 10.0. The molecule has 3 aromatic rings. The smallest absolute Gasteiger partial charge is 0.340 e. The molecule has 6 heteroatoms. The predicted octanol–water partition coefficient (Wildman–Crippen LogP) is 5.31. The molecule has 0 saturated heterocycles. The molecule has 0 aliphatic carbocycles. The maximum atomic E-state index is 12.9. The fourth-order valence-corrected chi connectivity index (χ4v) is 3.04. The van der Waals surface area contributed by atoms with Crippen molar-refractivity contribution in [3.8, 4) is 16.9 Å². The third kappa shape index (κ3) is 5.42. The van der Waals surface area contributed by atoms with Gasteiger partial charge in [0.2, 0.25) is 0 Å². The van der Waals surface area contributed by atoms with Gasteiger partial charge in [-0.1, -0.05) is 36.4 Å². The summed E-state index contributed by atoms with van der Waals surface area (Å²) in [5, 5.41) is 15.9. The van der Waals surface area contributed by atoms with Gasteiger partial charge in [0.1, 0.15) is 11.4 Å². The van der Waals surface area contributed by atoms with Crippen LogP contribution in [0.3, 0.4) is 0 Å². The molecule has 0 fully saturated rings. The number of phenolic OH excluding ortho intramolecular Hbond substituents is 1. The fraction of sp³-hybridized carbons (Fsp3) is 0.200. The summed E-state index contributed by atoms with van der Waals surface area (Å²) in [5.74, 6) is -1.24. The van der Waals surface area contributed by atoms with Gasteiger partial charge in [-0.15, -0.1) is 0 Å². The van der Waals surface area contributed by atoms with Crippen LogP contribution in [-0.2, 0) is 4.74 Å². The Bertz CT molecular complexity index is 1100. The Morgan fingerprint density at radius 2 is 1.55 bits per heavy atom. The van der Waals surface area contributed by atoms with Crippen LogP contribution in [0, 0.1) is 0 Å². The van der Waals surface area contributed by atoms with Crippen LogP contribution in [0.4, 0.5) is 11.4 Å². The maximum Gasteiger partial charge on any atom is 0.340 e. The summed E-state index contributed by atoms with van der Waals surface area (Å²) in [6.45, 7) is 5.34. The van der Waals surface area contributed by atoms with Gasteiger partial charge < -0.3 is 20.5 Å². The molecule has 0 aliphatic heterocycles. The molecule has 0 aliphatic rings. The molecule has 3 rings (SSSR count). The van der Waals surface area contributed by atoms with Gasteiger partial charge in [0.25, 0.3) is 5.91 Å². The fourth-order valence-electron chi connectivity index (χ4n) is 3.04. The van der Waals surface area contributed by atoms with Gasteiger partial charge in [-0.25, -0.2) is 4.79 Å². The van der Waals surface area contributed by atoms with Crippen LogP contribution in [0.25, 0.3) is 11.1 Å². The SMILES string of the molecule is CNc1ccc(C(=O)Nc2cc(-c3ccccc3)ccc2C(=O)OC(C)(C)C)c(O)c1. The normalized spacial score (nSPS) is 11.0. The molecule has 3 aromatic carbocycles. The first kappa shape index (κ1) is 21.9. The zero-order chi connectivity index (χ0) is 22.6. The van der Waals surface area contributed by atoms with Crippen LogP contribution in [-0.4, -0.2) is 29.6 Å². The number of benzene rings is 3. The Labute approximate surface area is 181 Å². The topological polar surface area (TPSA) is 87.7 Å². The van der Waals surface area contributed by atoms with E-state index in [0.717, 1.165) is 11.1 Å². The Balaban J connectivity index is 2.00. The molecule has 0 heterocycles. The Hall–Kier alpha value is -3.80. The number of phenols is 1. The van der Waals surface area contributed by atoms with Crippen molar-refractivity contribution in [2.75, 3.05) is 17.7 Å². The van der Waals surface area contributed by atoms with Crippen molar-refractivity contribution in [1.29, 1.82) is 0 Å². The Morgan fingerprint density at radius 3 is 2.16 bits per heavy atom. The highest BCUT2D eigenvalue weighted by Gasteiger charge is 2.22. The van der Waals surface area contributed by atoms with Gasteiger partial charge in [-0.2, -0.15) is 0 Å². The maximum absolute atomic E-state index is 12.9. The lowest BCUT2D eigenvalue weighted by Gasteiger charge is -2.21. The summed E-state index contributed by atoms with van der Waals surface area (Å²) in [4.78, 5) is 25.7. The minimum atomic E-state index is -0.683. The van der Waals surface area contributed by atoms with Gasteiger partial charge in [0.05, 0.1) is 16.8 Å². The van der Waals surface area contributed by atoms with E-state index in [2.05, 4.69) is 10.6 Å². The lowest BCUT2D eigenvalue weighted by Crippen LogP contribution is -2.25. The highest BCUT2D eigenvalue weighted by molar-refractivity contribution is 6.10. The molecular formula is C25H26N2O4.